The fourth-order valence-corrected chi connectivity index (χ4v) is 2.21. The molecule has 0 aliphatic heterocycles. The van der Waals surface area contributed by atoms with Gasteiger partial charge >= 0.3 is 0 Å². The molecule has 0 spiro atoms. The average molecular weight is 314 g/mol. The smallest absolute Gasteiger partial charge is 0.154 e. The van der Waals surface area contributed by atoms with Crippen molar-refractivity contribution >= 4 is 15.9 Å². The van der Waals surface area contributed by atoms with Gasteiger partial charge in [-0.3, -0.25) is 4.68 Å². The number of aliphatic hydroxyl groups excluding tert-OH is 1. The van der Waals surface area contributed by atoms with Gasteiger partial charge in [0.15, 0.2) is 6.10 Å². The first-order valence-electron chi connectivity index (χ1n) is 5.67. The summed E-state index contributed by atoms with van der Waals surface area (Å²) < 4.78 is 7.80. The molecule has 98 valence electrons. The van der Waals surface area contributed by atoms with Crippen molar-refractivity contribution in [2.24, 2.45) is 0 Å². The predicted molar refractivity (Wildman–Crippen MR) is 71.3 cm³/mol. The molecule has 0 aliphatic rings. The summed E-state index contributed by atoms with van der Waals surface area (Å²) in [5.74, 6) is 0.516. The lowest BCUT2D eigenvalue weighted by Crippen LogP contribution is -2.21. The molecule has 1 unspecified atom stereocenters. The van der Waals surface area contributed by atoms with Gasteiger partial charge in [-0.1, -0.05) is 0 Å². The van der Waals surface area contributed by atoms with Crippen molar-refractivity contribution in [3.05, 3.63) is 40.5 Å². The molecule has 1 N–H and O–H groups in total. The SMILES string of the molecule is CN(C)CCn1ncc(Br)c1C(O)c1ccco1. The van der Waals surface area contributed by atoms with E-state index in [0.717, 1.165) is 11.0 Å². The minimum Gasteiger partial charge on any atom is -0.466 e. The maximum atomic E-state index is 10.3. The van der Waals surface area contributed by atoms with E-state index in [2.05, 4.69) is 25.9 Å². The summed E-state index contributed by atoms with van der Waals surface area (Å²) >= 11 is 3.41. The van der Waals surface area contributed by atoms with Crippen molar-refractivity contribution in [3.63, 3.8) is 0 Å². The van der Waals surface area contributed by atoms with Crippen molar-refractivity contribution in [2.45, 2.75) is 12.6 Å². The fraction of sp³-hybridized carbons (Fsp3) is 0.417. The summed E-state index contributed by atoms with van der Waals surface area (Å²) in [5, 5.41) is 14.6. The lowest BCUT2D eigenvalue weighted by Gasteiger charge is -2.14. The monoisotopic (exact) mass is 313 g/mol. The number of likely N-dealkylation sites (N-methyl/N-ethyl adjacent to an activating group) is 1. The third-order valence-corrected chi connectivity index (χ3v) is 3.27. The average Bonchev–Trinajstić information content (AvgIpc) is 2.94. The van der Waals surface area contributed by atoms with Gasteiger partial charge in [-0.15, -0.1) is 0 Å². The Morgan fingerprint density at radius 1 is 1.56 bits per heavy atom. The lowest BCUT2D eigenvalue weighted by molar-refractivity contribution is 0.176. The van der Waals surface area contributed by atoms with E-state index in [1.807, 2.05) is 14.1 Å². The lowest BCUT2D eigenvalue weighted by atomic mass is 10.2. The second-order valence-electron chi connectivity index (χ2n) is 4.32. The minimum atomic E-state index is -0.806. The Balaban J connectivity index is 2.23. The van der Waals surface area contributed by atoms with E-state index in [-0.39, 0.29) is 0 Å². The molecule has 0 saturated heterocycles. The molecule has 18 heavy (non-hydrogen) atoms. The highest BCUT2D eigenvalue weighted by Crippen LogP contribution is 2.28. The van der Waals surface area contributed by atoms with E-state index in [4.69, 9.17) is 4.42 Å². The van der Waals surface area contributed by atoms with Crippen LogP contribution in [0.4, 0.5) is 0 Å². The van der Waals surface area contributed by atoms with Crippen LogP contribution in [0.25, 0.3) is 0 Å². The van der Waals surface area contributed by atoms with E-state index in [0.29, 0.717) is 18.0 Å². The van der Waals surface area contributed by atoms with Crippen LogP contribution in [0.15, 0.2) is 33.5 Å². The Morgan fingerprint density at radius 2 is 2.33 bits per heavy atom. The first-order valence-corrected chi connectivity index (χ1v) is 6.46. The van der Waals surface area contributed by atoms with Gasteiger partial charge < -0.3 is 14.4 Å². The molecule has 0 amide bonds. The standard InChI is InChI=1S/C12H16BrN3O2/c1-15(2)5-6-16-11(9(13)8-14-16)12(17)10-4-3-7-18-10/h3-4,7-8,12,17H,5-6H2,1-2H3. The Kier molecular flexibility index (Phi) is 4.21. The molecule has 1 atom stereocenters. The molecule has 0 aromatic carbocycles. The summed E-state index contributed by atoms with van der Waals surface area (Å²) in [4.78, 5) is 2.07. The molecule has 6 heteroatoms. The molecule has 0 fully saturated rings. The summed E-state index contributed by atoms with van der Waals surface area (Å²) in [6.45, 7) is 1.57. The van der Waals surface area contributed by atoms with Crippen LogP contribution in [0.2, 0.25) is 0 Å². The van der Waals surface area contributed by atoms with Gasteiger partial charge in [0.05, 0.1) is 29.2 Å². The Labute approximate surface area is 114 Å². The van der Waals surface area contributed by atoms with Crippen molar-refractivity contribution in [3.8, 4) is 0 Å². The highest BCUT2D eigenvalue weighted by Gasteiger charge is 2.21. The van der Waals surface area contributed by atoms with Crippen LogP contribution in [0.5, 0.6) is 0 Å². The van der Waals surface area contributed by atoms with Crippen LogP contribution >= 0.6 is 15.9 Å². The normalized spacial score (nSPS) is 13.2. The van der Waals surface area contributed by atoms with E-state index in [1.54, 1.807) is 29.3 Å². The van der Waals surface area contributed by atoms with Crippen LogP contribution in [-0.4, -0.2) is 40.4 Å². The molecule has 2 heterocycles. The molecule has 0 bridgehead atoms. The van der Waals surface area contributed by atoms with Gasteiger partial charge in [0.1, 0.15) is 5.76 Å². The maximum absolute atomic E-state index is 10.3. The molecule has 2 rings (SSSR count). The number of halogens is 1. The Hall–Kier alpha value is -1.11. The van der Waals surface area contributed by atoms with E-state index < -0.39 is 6.10 Å². The van der Waals surface area contributed by atoms with Crippen molar-refractivity contribution in [1.29, 1.82) is 0 Å². The van der Waals surface area contributed by atoms with E-state index >= 15 is 0 Å². The van der Waals surface area contributed by atoms with Gasteiger partial charge in [-0.2, -0.15) is 5.10 Å². The largest absolute Gasteiger partial charge is 0.466 e. The maximum Gasteiger partial charge on any atom is 0.154 e. The first-order chi connectivity index (χ1) is 8.59. The van der Waals surface area contributed by atoms with Crippen molar-refractivity contribution < 1.29 is 9.52 Å². The Bertz CT molecular complexity index is 493. The van der Waals surface area contributed by atoms with Crippen LogP contribution in [0, 0.1) is 0 Å². The highest BCUT2D eigenvalue weighted by molar-refractivity contribution is 9.10. The number of hydrogen-bond acceptors (Lipinski definition) is 4. The fourth-order valence-electron chi connectivity index (χ4n) is 1.70. The van der Waals surface area contributed by atoms with Crippen LogP contribution in [0.3, 0.4) is 0 Å². The quantitative estimate of drug-likeness (QED) is 0.915. The number of furan rings is 1. The summed E-state index contributed by atoms with van der Waals surface area (Å²) in [6.07, 6.45) is 2.43. The predicted octanol–water partition coefficient (Wildman–Crippen LogP) is 1.88. The van der Waals surface area contributed by atoms with Gasteiger partial charge in [-0.05, 0) is 42.2 Å². The zero-order chi connectivity index (χ0) is 13.1. The van der Waals surface area contributed by atoms with Crippen molar-refractivity contribution in [1.82, 2.24) is 14.7 Å². The van der Waals surface area contributed by atoms with E-state index in [1.165, 1.54) is 0 Å². The minimum absolute atomic E-state index is 0.516. The zero-order valence-electron chi connectivity index (χ0n) is 10.4. The molecule has 5 nitrogen and oxygen atoms in total. The molecule has 0 aliphatic carbocycles. The first kappa shape index (κ1) is 13.3. The van der Waals surface area contributed by atoms with Gasteiger partial charge in [0, 0.05) is 6.54 Å². The van der Waals surface area contributed by atoms with Crippen molar-refractivity contribution in [2.75, 3.05) is 20.6 Å². The summed E-state index contributed by atoms with van der Waals surface area (Å²) in [7, 11) is 4.00. The molecule has 0 radical (unpaired) electrons. The number of hydrogen-bond donors (Lipinski definition) is 1. The summed E-state index contributed by atoms with van der Waals surface area (Å²) in [5.41, 5.74) is 0.715. The Morgan fingerprint density at radius 3 is 2.94 bits per heavy atom. The number of aliphatic hydroxyl groups is 1. The number of rotatable bonds is 5. The summed E-state index contributed by atoms with van der Waals surface area (Å²) in [6, 6.07) is 3.51. The van der Waals surface area contributed by atoms with Gasteiger partial charge in [0.25, 0.3) is 0 Å². The molecule has 2 aromatic heterocycles. The van der Waals surface area contributed by atoms with Gasteiger partial charge in [0.2, 0.25) is 0 Å². The second-order valence-corrected chi connectivity index (χ2v) is 5.18. The number of nitrogens with zero attached hydrogens (tertiary/aromatic N) is 3. The third-order valence-electron chi connectivity index (χ3n) is 2.66. The van der Waals surface area contributed by atoms with Gasteiger partial charge in [-0.25, -0.2) is 0 Å². The number of aromatic nitrogens is 2. The second kappa shape index (κ2) is 5.69. The van der Waals surface area contributed by atoms with Crippen LogP contribution in [0.1, 0.15) is 17.6 Å². The third kappa shape index (κ3) is 2.82. The molecular weight excluding hydrogens is 298 g/mol. The molecule has 2 aromatic rings. The van der Waals surface area contributed by atoms with E-state index in [9.17, 15) is 5.11 Å². The molecule has 0 saturated carbocycles. The molecular formula is C12H16BrN3O2. The van der Waals surface area contributed by atoms with Crippen LogP contribution in [-0.2, 0) is 6.54 Å². The topological polar surface area (TPSA) is 54.4 Å². The highest BCUT2D eigenvalue weighted by atomic mass is 79.9. The zero-order valence-corrected chi connectivity index (χ0v) is 12.0. The van der Waals surface area contributed by atoms with Crippen LogP contribution < -0.4 is 0 Å².